The summed E-state index contributed by atoms with van der Waals surface area (Å²) in [5, 5.41) is -0.423. The highest BCUT2D eigenvalue weighted by Gasteiger charge is 2.38. The first-order valence-electron chi connectivity index (χ1n) is 10.2. The van der Waals surface area contributed by atoms with Crippen LogP contribution < -0.4 is 4.74 Å². The summed E-state index contributed by atoms with van der Waals surface area (Å²) in [6, 6.07) is 10.9. The lowest BCUT2D eigenvalue weighted by Crippen LogP contribution is -2.45. The molecule has 0 spiro atoms. The van der Waals surface area contributed by atoms with Crippen LogP contribution in [0.25, 0.3) is 6.08 Å². The molecule has 0 radical (unpaired) electrons. The maximum atomic E-state index is 13.1. The second-order valence-corrected chi connectivity index (χ2v) is 8.42. The van der Waals surface area contributed by atoms with Crippen LogP contribution in [0.1, 0.15) is 36.4 Å². The Morgan fingerprint density at radius 3 is 2.74 bits per heavy atom. The van der Waals surface area contributed by atoms with Gasteiger partial charge in [0.2, 0.25) is 5.91 Å². The van der Waals surface area contributed by atoms with Gasteiger partial charge in [-0.15, -0.1) is 0 Å². The molecule has 2 fully saturated rings. The molecule has 2 saturated heterocycles. The number of amides is 3. The molecule has 1 atom stereocenters. The molecule has 0 bridgehead atoms. The molecular formula is C23H23N3O4S. The summed E-state index contributed by atoms with van der Waals surface area (Å²) < 4.78 is 5.14. The molecule has 2 aromatic rings. The third-order valence-corrected chi connectivity index (χ3v) is 6.38. The van der Waals surface area contributed by atoms with E-state index in [4.69, 9.17) is 4.74 Å². The van der Waals surface area contributed by atoms with Crippen molar-refractivity contribution >= 4 is 34.9 Å². The van der Waals surface area contributed by atoms with Crippen molar-refractivity contribution in [3.63, 3.8) is 0 Å². The molecule has 2 aliphatic heterocycles. The van der Waals surface area contributed by atoms with Crippen LogP contribution >= 0.6 is 11.8 Å². The van der Waals surface area contributed by atoms with Gasteiger partial charge in [-0.05, 0) is 66.4 Å². The van der Waals surface area contributed by atoms with E-state index >= 15 is 0 Å². The number of carbonyl (C=O) groups is 3. The highest BCUT2D eigenvalue weighted by atomic mass is 32.2. The van der Waals surface area contributed by atoms with E-state index in [-0.39, 0.29) is 18.5 Å². The number of rotatable bonds is 5. The maximum absolute atomic E-state index is 13.1. The number of carbonyl (C=O) groups excluding carboxylic acids is 3. The van der Waals surface area contributed by atoms with Crippen LogP contribution in [0.2, 0.25) is 0 Å². The largest absolute Gasteiger partial charge is 0.497 e. The molecule has 31 heavy (non-hydrogen) atoms. The van der Waals surface area contributed by atoms with E-state index in [0.29, 0.717) is 17.2 Å². The Kier molecular flexibility index (Phi) is 6.36. The molecule has 8 heteroatoms. The second-order valence-electron chi connectivity index (χ2n) is 7.43. The van der Waals surface area contributed by atoms with E-state index < -0.39 is 11.1 Å². The Bertz CT molecular complexity index is 1010. The number of ether oxygens (including phenoxy) is 1. The van der Waals surface area contributed by atoms with E-state index in [1.807, 2.05) is 24.3 Å². The number of likely N-dealkylation sites (tertiary alicyclic amines) is 1. The lowest BCUT2D eigenvalue weighted by atomic mass is 9.96. The molecule has 7 nitrogen and oxygen atoms in total. The predicted molar refractivity (Wildman–Crippen MR) is 118 cm³/mol. The molecule has 1 unspecified atom stereocenters. The summed E-state index contributed by atoms with van der Waals surface area (Å²) >= 11 is 0.859. The lowest BCUT2D eigenvalue weighted by Gasteiger charge is -2.36. The normalized spacial score (nSPS) is 20.4. The quantitative estimate of drug-likeness (QED) is 0.661. The van der Waals surface area contributed by atoms with Crippen molar-refractivity contribution in [1.29, 1.82) is 0 Å². The number of benzene rings is 1. The smallest absolute Gasteiger partial charge is 0.294 e. The molecule has 1 aromatic heterocycles. The van der Waals surface area contributed by atoms with Crippen molar-refractivity contribution in [2.45, 2.75) is 25.3 Å². The molecular weight excluding hydrogens is 414 g/mol. The van der Waals surface area contributed by atoms with Gasteiger partial charge in [0.1, 0.15) is 12.3 Å². The Labute approximate surface area is 185 Å². The van der Waals surface area contributed by atoms with Gasteiger partial charge in [0.05, 0.1) is 18.1 Å². The predicted octanol–water partition coefficient (Wildman–Crippen LogP) is 3.88. The molecule has 0 aliphatic carbocycles. The number of thioether (sulfide) groups is 1. The Balaban J connectivity index is 1.47. The second kappa shape index (κ2) is 9.34. The van der Waals surface area contributed by atoms with Crippen LogP contribution in [0.15, 0.2) is 53.7 Å². The van der Waals surface area contributed by atoms with Crippen LogP contribution in [0.3, 0.4) is 0 Å². The third-order valence-electron chi connectivity index (χ3n) is 5.47. The van der Waals surface area contributed by atoms with Gasteiger partial charge in [-0.1, -0.05) is 18.2 Å². The zero-order valence-corrected chi connectivity index (χ0v) is 18.0. The molecule has 2 aliphatic rings. The maximum Gasteiger partial charge on any atom is 0.294 e. The molecule has 1 aromatic carbocycles. The monoisotopic (exact) mass is 437 g/mol. The molecule has 3 heterocycles. The van der Waals surface area contributed by atoms with E-state index in [2.05, 4.69) is 4.98 Å². The zero-order chi connectivity index (χ0) is 21.8. The van der Waals surface area contributed by atoms with E-state index in [9.17, 15) is 14.4 Å². The van der Waals surface area contributed by atoms with Crippen molar-refractivity contribution in [2.75, 3.05) is 20.2 Å². The minimum atomic E-state index is -0.436. The molecule has 3 amide bonds. The average Bonchev–Trinajstić information content (AvgIpc) is 3.07. The van der Waals surface area contributed by atoms with Crippen molar-refractivity contribution in [2.24, 2.45) is 0 Å². The number of hydrogen-bond acceptors (Lipinski definition) is 6. The summed E-state index contributed by atoms with van der Waals surface area (Å²) in [6.45, 7) is 0.359. The topological polar surface area (TPSA) is 79.8 Å². The molecule has 0 N–H and O–H groups in total. The van der Waals surface area contributed by atoms with Crippen LogP contribution in [-0.4, -0.2) is 52.0 Å². The third kappa shape index (κ3) is 4.64. The van der Waals surface area contributed by atoms with Gasteiger partial charge in [0.15, 0.2) is 0 Å². The van der Waals surface area contributed by atoms with E-state index in [1.165, 1.54) is 0 Å². The zero-order valence-electron chi connectivity index (χ0n) is 17.2. The number of pyridine rings is 1. The van der Waals surface area contributed by atoms with Crippen molar-refractivity contribution in [1.82, 2.24) is 14.8 Å². The number of methoxy groups -OCH3 is 1. The Morgan fingerprint density at radius 2 is 2.03 bits per heavy atom. The van der Waals surface area contributed by atoms with Gasteiger partial charge in [-0.2, -0.15) is 0 Å². The minimum Gasteiger partial charge on any atom is -0.497 e. The highest BCUT2D eigenvalue weighted by Crippen LogP contribution is 2.34. The fourth-order valence-electron chi connectivity index (χ4n) is 3.86. The van der Waals surface area contributed by atoms with Crippen LogP contribution in [0.4, 0.5) is 4.79 Å². The van der Waals surface area contributed by atoms with Crippen molar-refractivity contribution in [3.8, 4) is 5.75 Å². The van der Waals surface area contributed by atoms with Crippen LogP contribution in [0, 0.1) is 0 Å². The van der Waals surface area contributed by atoms with Gasteiger partial charge in [0.25, 0.3) is 11.1 Å². The number of aromatic nitrogens is 1. The average molecular weight is 438 g/mol. The van der Waals surface area contributed by atoms with E-state index in [1.54, 1.807) is 42.6 Å². The summed E-state index contributed by atoms with van der Waals surface area (Å²) in [5.41, 5.74) is 1.76. The first-order chi connectivity index (χ1) is 15.1. The molecule has 0 saturated carbocycles. The highest BCUT2D eigenvalue weighted by molar-refractivity contribution is 8.18. The summed E-state index contributed by atoms with van der Waals surface area (Å²) in [6.07, 6.45) is 7.91. The Hall–Kier alpha value is -3.13. The van der Waals surface area contributed by atoms with Gasteiger partial charge in [0, 0.05) is 18.9 Å². The fourth-order valence-corrected chi connectivity index (χ4v) is 4.70. The van der Waals surface area contributed by atoms with Gasteiger partial charge < -0.3 is 9.64 Å². The minimum absolute atomic E-state index is 0.0790. The number of piperidine rings is 1. The molecule has 4 rings (SSSR count). The van der Waals surface area contributed by atoms with Gasteiger partial charge >= 0.3 is 0 Å². The first kappa shape index (κ1) is 21.1. The fraction of sp³-hybridized carbons (Fsp3) is 0.304. The van der Waals surface area contributed by atoms with Crippen molar-refractivity contribution in [3.05, 3.63) is 64.8 Å². The number of imide groups is 1. The first-order valence-corrected chi connectivity index (χ1v) is 11.0. The lowest BCUT2D eigenvalue weighted by molar-refractivity contribution is -0.138. The van der Waals surface area contributed by atoms with Crippen LogP contribution in [-0.2, 0) is 9.59 Å². The molecule has 160 valence electrons. The number of nitrogens with zero attached hydrogens (tertiary/aromatic N) is 3. The standard InChI is InChI=1S/C23H23N3O4S/c1-30-18-9-7-16(8-10-18)13-20-22(28)26(23(29)31-20)15-21(27)25-12-3-2-6-19(25)17-5-4-11-24-14-17/h4-5,7-11,13-14,19H,2-3,6,12,15H2,1H3. The van der Waals surface area contributed by atoms with Gasteiger partial charge in [-0.3, -0.25) is 24.3 Å². The van der Waals surface area contributed by atoms with Crippen LogP contribution in [0.5, 0.6) is 5.75 Å². The van der Waals surface area contributed by atoms with Gasteiger partial charge in [-0.25, -0.2) is 0 Å². The SMILES string of the molecule is COc1ccc(C=C2SC(=O)N(CC(=O)N3CCCCC3c3cccnc3)C2=O)cc1. The Morgan fingerprint density at radius 1 is 1.23 bits per heavy atom. The van der Waals surface area contributed by atoms with E-state index in [0.717, 1.165) is 47.1 Å². The summed E-state index contributed by atoms with van der Waals surface area (Å²) in [4.78, 5) is 45.7. The summed E-state index contributed by atoms with van der Waals surface area (Å²) in [5.74, 6) is 0.0520. The summed E-state index contributed by atoms with van der Waals surface area (Å²) in [7, 11) is 1.58. The number of hydrogen-bond donors (Lipinski definition) is 0. The van der Waals surface area contributed by atoms with Crippen molar-refractivity contribution < 1.29 is 19.1 Å².